The minimum atomic E-state index is -0.178. The van der Waals surface area contributed by atoms with Crippen LogP contribution in [0.2, 0.25) is 0 Å². The molecule has 0 atom stereocenters. The molecule has 2 heterocycles. The van der Waals surface area contributed by atoms with Crippen molar-refractivity contribution < 1.29 is 9.59 Å². The van der Waals surface area contributed by atoms with Gasteiger partial charge in [-0.3, -0.25) is 14.5 Å². The maximum absolute atomic E-state index is 12.0. The Hall–Kier alpha value is -1.49. The fourth-order valence-corrected chi connectivity index (χ4v) is 2.44. The molecule has 17 heavy (non-hydrogen) atoms. The minimum Gasteiger partial charge on any atom is -0.362 e. The summed E-state index contributed by atoms with van der Waals surface area (Å²) in [6.45, 7) is 2.55. The zero-order valence-corrected chi connectivity index (χ0v) is 10.4. The number of thioether (sulfide) groups is 1. The number of amides is 2. The van der Waals surface area contributed by atoms with E-state index in [0.29, 0.717) is 11.4 Å². The van der Waals surface area contributed by atoms with Gasteiger partial charge in [0, 0.05) is 18.4 Å². The summed E-state index contributed by atoms with van der Waals surface area (Å²) in [5.41, 5.74) is 0.839. The zero-order chi connectivity index (χ0) is 12.3. The molecule has 0 bridgehead atoms. The molecule has 1 aromatic rings. The van der Waals surface area contributed by atoms with E-state index in [9.17, 15) is 9.59 Å². The molecule has 0 aromatic carbocycles. The Kier molecular flexibility index (Phi) is 3.68. The molecule has 2 amide bonds. The third-order valence-electron chi connectivity index (χ3n) is 2.52. The second-order valence-electron chi connectivity index (χ2n) is 3.81. The fraction of sp³-hybridized carbons (Fsp3) is 0.333. The lowest BCUT2D eigenvalue weighted by Crippen LogP contribution is -2.29. The fourth-order valence-electron chi connectivity index (χ4n) is 1.58. The monoisotopic (exact) mass is 250 g/mol. The molecular weight excluding hydrogens is 236 g/mol. The number of nitrogens with one attached hydrogen (secondary N) is 1. The van der Waals surface area contributed by atoms with Gasteiger partial charge in [-0.2, -0.15) is 0 Å². The Morgan fingerprint density at radius 3 is 2.94 bits per heavy atom. The van der Waals surface area contributed by atoms with Crippen LogP contribution in [0, 0.1) is 0 Å². The number of aromatic amines is 1. The Morgan fingerprint density at radius 2 is 2.29 bits per heavy atom. The highest BCUT2D eigenvalue weighted by Crippen LogP contribution is 2.31. The predicted molar refractivity (Wildman–Crippen MR) is 68.4 cm³/mol. The molecule has 0 unspecified atom stereocenters. The van der Waals surface area contributed by atoms with Crippen LogP contribution in [0.3, 0.4) is 0 Å². The Bertz CT molecular complexity index is 451. The molecular formula is C12H14N2O2S. The first-order valence-electron chi connectivity index (χ1n) is 5.61. The van der Waals surface area contributed by atoms with Gasteiger partial charge in [-0.05, 0) is 36.4 Å². The van der Waals surface area contributed by atoms with Crippen molar-refractivity contribution in [2.45, 2.75) is 19.8 Å². The lowest BCUT2D eigenvalue weighted by molar-refractivity contribution is -0.122. The van der Waals surface area contributed by atoms with Gasteiger partial charge in [-0.15, -0.1) is 0 Å². The van der Waals surface area contributed by atoms with Gasteiger partial charge in [0.05, 0.1) is 4.91 Å². The van der Waals surface area contributed by atoms with Crippen molar-refractivity contribution in [1.82, 2.24) is 9.88 Å². The smallest absolute Gasteiger partial charge is 0.293 e. The van der Waals surface area contributed by atoms with Gasteiger partial charge in [0.2, 0.25) is 0 Å². The first-order valence-corrected chi connectivity index (χ1v) is 6.42. The third kappa shape index (κ3) is 2.61. The number of rotatable bonds is 4. The van der Waals surface area contributed by atoms with Crippen LogP contribution in [-0.2, 0) is 4.79 Å². The van der Waals surface area contributed by atoms with Gasteiger partial charge in [0.1, 0.15) is 0 Å². The molecule has 4 nitrogen and oxygen atoms in total. The van der Waals surface area contributed by atoms with Gasteiger partial charge in [0.25, 0.3) is 11.1 Å². The first kappa shape index (κ1) is 12.0. The summed E-state index contributed by atoms with van der Waals surface area (Å²) in [5, 5.41) is -0.166. The van der Waals surface area contributed by atoms with E-state index >= 15 is 0 Å². The number of imide groups is 1. The molecule has 0 radical (unpaired) electrons. The van der Waals surface area contributed by atoms with Crippen molar-refractivity contribution in [3.8, 4) is 0 Å². The maximum Gasteiger partial charge on any atom is 0.293 e. The lowest BCUT2D eigenvalue weighted by Gasteiger charge is -2.10. The average Bonchev–Trinajstić information content (AvgIpc) is 2.89. The molecule has 0 spiro atoms. The van der Waals surface area contributed by atoms with Crippen LogP contribution in [0.5, 0.6) is 0 Å². The summed E-state index contributed by atoms with van der Waals surface area (Å²) < 4.78 is 0. The molecule has 0 aliphatic carbocycles. The third-order valence-corrected chi connectivity index (χ3v) is 3.42. The molecule has 1 aromatic heterocycles. The Balaban J connectivity index is 2.13. The summed E-state index contributed by atoms with van der Waals surface area (Å²) in [4.78, 5) is 28.4. The summed E-state index contributed by atoms with van der Waals surface area (Å²) in [6.07, 6.45) is 5.33. The van der Waals surface area contributed by atoms with E-state index in [1.807, 2.05) is 19.1 Å². The quantitative estimate of drug-likeness (QED) is 0.836. The summed E-state index contributed by atoms with van der Waals surface area (Å²) in [6, 6.07) is 3.72. The summed E-state index contributed by atoms with van der Waals surface area (Å²) in [5.74, 6) is -0.178. The van der Waals surface area contributed by atoms with Crippen molar-refractivity contribution in [3.63, 3.8) is 0 Å². The number of carbonyl (C=O) groups excluding carboxylic acids is 2. The van der Waals surface area contributed by atoms with E-state index in [1.54, 1.807) is 12.3 Å². The number of unbranched alkanes of at least 4 members (excludes halogenated alkanes) is 1. The topological polar surface area (TPSA) is 53.2 Å². The second kappa shape index (κ2) is 5.23. The molecule has 90 valence electrons. The molecule has 1 saturated heterocycles. The molecule has 1 aliphatic heterocycles. The summed E-state index contributed by atoms with van der Waals surface area (Å²) >= 11 is 1.01. The van der Waals surface area contributed by atoms with E-state index in [1.165, 1.54) is 4.90 Å². The maximum atomic E-state index is 12.0. The lowest BCUT2D eigenvalue weighted by atomic mass is 10.3. The Morgan fingerprint density at radius 1 is 1.47 bits per heavy atom. The first-order chi connectivity index (χ1) is 8.22. The number of hydrogen-bond acceptors (Lipinski definition) is 3. The predicted octanol–water partition coefficient (Wildman–Crippen LogP) is 2.85. The molecule has 5 heteroatoms. The number of hydrogen-bond donors (Lipinski definition) is 1. The standard InChI is InChI=1S/C12H14N2O2S/c1-2-3-7-14-11(15)10(17-12(14)16)8-9-5-4-6-13-9/h4-6,8,13H,2-3,7H2,1H3. The van der Waals surface area contributed by atoms with Crippen LogP contribution in [0.25, 0.3) is 6.08 Å². The van der Waals surface area contributed by atoms with Crippen molar-refractivity contribution in [3.05, 3.63) is 28.9 Å². The summed E-state index contributed by atoms with van der Waals surface area (Å²) in [7, 11) is 0. The van der Waals surface area contributed by atoms with Crippen LogP contribution in [-0.4, -0.2) is 27.6 Å². The number of H-pyrrole nitrogens is 1. The van der Waals surface area contributed by atoms with Crippen molar-refractivity contribution in [2.75, 3.05) is 6.54 Å². The van der Waals surface area contributed by atoms with Crippen LogP contribution in [0.15, 0.2) is 23.2 Å². The molecule has 0 saturated carbocycles. The van der Waals surface area contributed by atoms with Gasteiger partial charge in [0.15, 0.2) is 0 Å². The van der Waals surface area contributed by atoms with Crippen molar-refractivity contribution in [2.24, 2.45) is 0 Å². The highest BCUT2D eigenvalue weighted by Gasteiger charge is 2.34. The molecule has 1 aliphatic rings. The molecule has 1 N–H and O–H groups in total. The van der Waals surface area contributed by atoms with Crippen LogP contribution in [0.1, 0.15) is 25.5 Å². The number of nitrogens with zero attached hydrogens (tertiary/aromatic N) is 1. The van der Waals surface area contributed by atoms with E-state index in [-0.39, 0.29) is 11.1 Å². The average molecular weight is 250 g/mol. The number of carbonyl (C=O) groups is 2. The minimum absolute atomic E-state index is 0.166. The zero-order valence-electron chi connectivity index (χ0n) is 9.60. The molecule has 1 fully saturated rings. The van der Waals surface area contributed by atoms with E-state index < -0.39 is 0 Å². The second-order valence-corrected chi connectivity index (χ2v) is 4.81. The van der Waals surface area contributed by atoms with Gasteiger partial charge in [-0.1, -0.05) is 13.3 Å². The van der Waals surface area contributed by atoms with Gasteiger partial charge < -0.3 is 4.98 Å². The van der Waals surface area contributed by atoms with Crippen LogP contribution >= 0.6 is 11.8 Å². The Labute approximate surface area is 104 Å². The highest BCUT2D eigenvalue weighted by atomic mass is 32.2. The van der Waals surface area contributed by atoms with Gasteiger partial charge in [-0.25, -0.2) is 0 Å². The van der Waals surface area contributed by atoms with E-state index in [2.05, 4.69) is 4.98 Å². The van der Waals surface area contributed by atoms with Crippen LogP contribution < -0.4 is 0 Å². The largest absolute Gasteiger partial charge is 0.362 e. The SMILES string of the molecule is CCCCN1C(=O)SC(=Cc2ccc[nH]2)C1=O. The van der Waals surface area contributed by atoms with Crippen molar-refractivity contribution in [1.29, 1.82) is 0 Å². The van der Waals surface area contributed by atoms with Crippen LogP contribution in [0.4, 0.5) is 4.79 Å². The van der Waals surface area contributed by atoms with E-state index in [4.69, 9.17) is 0 Å². The molecule has 2 rings (SSSR count). The van der Waals surface area contributed by atoms with E-state index in [0.717, 1.165) is 30.3 Å². The number of aromatic nitrogens is 1. The normalized spacial score (nSPS) is 18.4. The highest BCUT2D eigenvalue weighted by molar-refractivity contribution is 8.18. The van der Waals surface area contributed by atoms with Gasteiger partial charge >= 0.3 is 0 Å². The van der Waals surface area contributed by atoms with Crippen molar-refractivity contribution >= 4 is 29.0 Å².